The zero-order chi connectivity index (χ0) is 16.0. The van der Waals surface area contributed by atoms with Crippen molar-refractivity contribution in [2.45, 2.75) is 30.4 Å². The van der Waals surface area contributed by atoms with E-state index in [0.29, 0.717) is 6.54 Å². The lowest BCUT2D eigenvalue weighted by molar-refractivity contribution is 0.0948. The molecule has 0 bridgehead atoms. The molecule has 0 unspecified atom stereocenters. The van der Waals surface area contributed by atoms with E-state index in [4.69, 9.17) is 0 Å². The van der Waals surface area contributed by atoms with Gasteiger partial charge in [0.2, 0.25) is 0 Å². The molecule has 22 heavy (non-hydrogen) atoms. The fraction of sp³-hybridized carbons (Fsp3) is 0.385. The first kappa shape index (κ1) is 16.9. The van der Waals surface area contributed by atoms with Crippen LogP contribution in [-0.4, -0.2) is 25.9 Å². The second kappa shape index (κ2) is 7.70. The van der Waals surface area contributed by atoms with Gasteiger partial charge in [0, 0.05) is 11.9 Å². The summed E-state index contributed by atoms with van der Waals surface area (Å²) in [4.78, 5) is 15.9. The van der Waals surface area contributed by atoms with Gasteiger partial charge in [-0.05, 0) is 17.9 Å². The number of carbonyl (C=O) groups excluding carboxylic acids is 1. The van der Waals surface area contributed by atoms with Gasteiger partial charge in [0.1, 0.15) is 9.90 Å². The van der Waals surface area contributed by atoms with E-state index in [9.17, 15) is 13.2 Å². The molecule has 2 N–H and O–H groups in total. The summed E-state index contributed by atoms with van der Waals surface area (Å²) in [7, 11) is -3.62. The lowest BCUT2D eigenvalue weighted by Crippen LogP contribution is -2.24. The van der Waals surface area contributed by atoms with Gasteiger partial charge in [0.15, 0.2) is 5.13 Å². The molecule has 0 spiro atoms. The molecule has 0 aliphatic heterocycles. The number of thiazole rings is 1. The maximum Gasteiger partial charge on any atom is 0.273 e. The van der Waals surface area contributed by atoms with Crippen LogP contribution in [0.2, 0.25) is 0 Å². The van der Waals surface area contributed by atoms with E-state index in [1.165, 1.54) is 6.07 Å². The fourth-order valence-electron chi connectivity index (χ4n) is 1.67. The Labute approximate surface area is 137 Å². The van der Waals surface area contributed by atoms with Gasteiger partial charge in [-0.2, -0.15) is 0 Å². The standard InChI is InChI=1S/C13H17N3O3S3/c1-2-3-4-7-14-12(17)10-9-21-13(15-10)16-22(18,19)11-6-5-8-20-11/h5-6,8-9H,2-4,7H2,1H3,(H,14,17)(H,15,16). The number of thiophene rings is 1. The lowest BCUT2D eigenvalue weighted by Gasteiger charge is -2.02. The van der Waals surface area contributed by atoms with Gasteiger partial charge >= 0.3 is 0 Å². The summed E-state index contributed by atoms with van der Waals surface area (Å²) >= 11 is 2.21. The third kappa shape index (κ3) is 4.52. The van der Waals surface area contributed by atoms with Crippen LogP contribution in [0.25, 0.3) is 0 Å². The molecular weight excluding hydrogens is 342 g/mol. The van der Waals surface area contributed by atoms with Crippen LogP contribution in [0.15, 0.2) is 27.1 Å². The van der Waals surface area contributed by atoms with Crippen LogP contribution in [0.3, 0.4) is 0 Å². The number of nitrogens with zero attached hydrogens (tertiary/aromatic N) is 1. The van der Waals surface area contributed by atoms with Crippen LogP contribution >= 0.6 is 22.7 Å². The van der Waals surface area contributed by atoms with Crippen molar-refractivity contribution in [3.63, 3.8) is 0 Å². The molecule has 0 fully saturated rings. The summed E-state index contributed by atoms with van der Waals surface area (Å²) in [5.41, 5.74) is 0.227. The average molecular weight is 359 g/mol. The Morgan fingerprint density at radius 3 is 2.82 bits per heavy atom. The number of unbranched alkanes of at least 4 members (excludes halogenated alkanes) is 2. The van der Waals surface area contributed by atoms with Gasteiger partial charge in [0.25, 0.3) is 15.9 Å². The van der Waals surface area contributed by atoms with Crippen molar-refractivity contribution in [3.8, 4) is 0 Å². The van der Waals surface area contributed by atoms with E-state index >= 15 is 0 Å². The van der Waals surface area contributed by atoms with Gasteiger partial charge in [-0.3, -0.25) is 9.52 Å². The summed E-state index contributed by atoms with van der Waals surface area (Å²) < 4.78 is 26.7. The highest BCUT2D eigenvalue weighted by molar-refractivity contribution is 7.94. The summed E-state index contributed by atoms with van der Waals surface area (Å²) in [6.07, 6.45) is 3.06. The predicted octanol–water partition coefficient (Wildman–Crippen LogP) is 2.93. The molecule has 120 valence electrons. The Morgan fingerprint density at radius 2 is 2.14 bits per heavy atom. The van der Waals surface area contributed by atoms with Crippen molar-refractivity contribution < 1.29 is 13.2 Å². The Bertz CT molecular complexity index is 708. The summed E-state index contributed by atoms with van der Waals surface area (Å²) in [6, 6.07) is 3.18. The van der Waals surface area contributed by atoms with Gasteiger partial charge < -0.3 is 5.32 Å². The van der Waals surface area contributed by atoms with Crippen LogP contribution in [0.1, 0.15) is 36.7 Å². The van der Waals surface area contributed by atoms with Crippen LogP contribution in [0.4, 0.5) is 5.13 Å². The largest absolute Gasteiger partial charge is 0.351 e. The zero-order valence-electron chi connectivity index (χ0n) is 12.0. The van der Waals surface area contributed by atoms with Crippen molar-refractivity contribution >= 4 is 43.7 Å². The number of rotatable bonds is 8. The molecule has 0 saturated carbocycles. The second-order valence-corrected chi connectivity index (χ2v) is 8.25. The molecule has 0 aromatic carbocycles. The first-order valence-electron chi connectivity index (χ1n) is 6.83. The smallest absolute Gasteiger partial charge is 0.273 e. The van der Waals surface area contributed by atoms with E-state index in [-0.39, 0.29) is 20.9 Å². The number of nitrogens with one attached hydrogen (secondary N) is 2. The number of anilines is 1. The molecule has 0 aliphatic carbocycles. The zero-order valence-corrected chi connectivity index (χ0v) is 14.5. The minimum absolute atomic E-state index is 0.187. The van der Waals surface area contributed by atoms with Crippen LogP contribution < -0.4 is 10.0 Å². The topological polar surface area (TPSA) is 88.2 Å². The van der Waals surface area contributed by atoms with E-state index in [1.54, 1.807) is 16.8 Å². The van der Waals surface area contributed by atoms with Gasteiger partial charge in [-0.25, -0.2) is 13.4 Å². The first-order valence-corrected chi connectivity index (χ1v) is 10.1. The van der Waals surface area contributed by atoms with Gasteiger partial charge in [-0.15, -0.1) is 22.7 Å². The van der Waals surface area contributed by atoms with Crippen LogP contribution in [0, 0.1) is 0 Å². The molecular formula is C13H17N3O3S3. The lowest BCUT2D eigenvalue weighted by atomic mass is 10.2. The molecule has 0 aliphatic rings. The minimum Gasteiger partial charge on any atom is -0.351 e. The Kier molecular flexibility index (Phi) is 5.92. The molecule has 6 nitrogen and oxygen atoms in total. The highest BCUT2D eigenvalue weighted by Crippen LogP contribution is 2.22. The number of sulfonamides is 1. The number of hydrogen-bond acceptors (Lipinski definition) is 6. The molecule has 2 heterocycles. The van der Waals surface area contributed by atoms with E-state index in [1.807, 2.05) is 0 Å². The molecule has 2 aromatic rings. The van der Waals surface area contributed by atoms with Crippen molar-refractivity contribution in [3.05, 3.63) is 28.6 Å². The highest BCUT2D eigenvalue weighted by atomic mass is 32.2. The van der Waals surface area contributed by atoms with E-state index in [0.717, 1.165) is 41.9 Å². The number of amides is 1. The molecule has 2 aromatic heterocycles. The SMILES string of the molecule is CCCCCNC(=O)c1csc(NS(=O)(=O)c2cccs2)n1. The third-order valence-corrected chi connectivity index (χ3v) is 6.41. The number of aromatic nitrogens is 1. The Balaban J connectivity index is 1.95. The monoisotopic (exact) mass is 359 g/mol. The molecule has 2 rings (SSSR count). The summed E-state index contributed by atoms with van der Waals surface area (Å²) in [6.45, 7) is 2.69. The minimum atomic E-state index is -3.62. The maximum atomic E-state index is 12.1. The highest BCUT2D eigenvalue weighted by Gasteiger charge is 2.18. The molecule has 0 saturated heterocycles. The van der Waals surface area contributed by atoms with Crippen molar-refractivity contribution in [2.24, 2.45) is 0 Å². The predicted molar refractivity (Wildman–Crippen MR) is 89.1 cm³/mol. The average Bonchev–Trinajstić information content (AvgIpc) is 3.14. The number of hydrogen-bond donors (Lipinski definition) is 2. The summed E-state index contributed by atoms with van der Waals surface area (Å²) in [5, 5.41) is 6.18. The van der Waals surface area contributed by atoms with Gasteiger partial charge in [0.05, 0.1) is 0 Å². The fourth-order valence-corrected chi connectivity index (χ4v) is 4.61. The first-order chi connectivity index (χ1) is 10.5. The third-order valence-electron chi connectivity index (χ3n) is 2.78. The normalized spacial score (nSPS) is 11.3. The van der Waals surface area contributed by atoms with Crippen molar-refractivity contribution in [1.29, 1.82) is 0 Å². The van der Waals surface area contributed by atoms with Crippen LogP contribution in [-0.2, 0) is 10.0 Å². The van der Waals surface area contributed by atoms with E-state index < -0.39 is 10.0 Å². The maximum absolute atomic E-state index is 12.1. The Morgan fingerprint density at radius 1 is 1.32 bits per heavy atom. The van der Waals surface area contributed by atoms with Gasteiger partial charge in [-0.1, -0.05) is 25.8 Å². The van der Waals surface area contributed by atoms with E-state index in [2.05, 4.69) is 21.9 Å². The Hall–Kier alpha value is -1.45. The molecule has 1 amide bonds. The molecule has 9 heteroatoms. The van der Waals surface area contributed by atoms with Crippen molar-refractivity contribution in [2.75, 3.05) is 11.3 Å². The van der Waals surface area contributed by atoms with Crippen molar-refractivity contribution in [1.82, 2.24) is 10.3 Å². The second-order valence-electron chi connectivity index (χ2n) is 4.54. The van der Waals surface area contributed by atoms with Crippen LogP contribution in [0.5, 0.6) is 0 Å². The molecule has 0 radical (unpaired) electrons. The number of carbonyl (C=O) groups is 1. The summed E-state index contributed by atoms with van der Waals surface area (Å²) in [5.74, 6) is -0.283. The molecule has 0 atom stereocenters. The quantitative estimate of drug-likeness (QED) is 0.709.